The number of ether oxygens (including phenoxy) is 7. The van der Waals surface area contributed by atoms with E-state index in [9.17, 15) is 56.2 Å². The zero-order valence-electron chi connectivity index (χ0n) is 57.7. The summed E-state index contributed by atoms with van der Waals surface area (Å²) >= 11 is 18.4. The maximum atomic E-state index is 14.5. The molecule has 0 heterocycles. The molecule has 8 aromatic carbocycles. The number of nitrogens with zero attached hydrogens (tertiary/aromatic N) is 3. The zero-order valence-corrected chi connectivity index (χ0v) is 60.0. The summed E-state index contributed by atoms with van der Waals surface area (Å²) in [5.74, 6) is -7.88. The van der Waals surface area contributed by atoms with Crippen LogP contribution in [-0.4, -0.2) is 119 Å². The third-order valence-corrected chi connectivity index (χ3v) is 14.7. The fourth-order valence-electron chi connectivity index (χ4n) is 9.68. The summed E-state index contributed by atoms with van der Waals surface area (Å²) in [4.78, 5) is 92.9. The number of amides is 4. The van der Waals surface area contributed by atoms with Gasteiger partial charge in [0.25, 0.3) is 23.6 Å². The number of esters is 3. The van der Waals surface area contributed by atoms with Crippen LogP contribution in [0.3, 0.4) is 0 Å². The van der Waals surface area contributed by atoms with E-state index in [1.54, 1.807) is 153 Å². The van der Waals surface area contributed by atoms with Crippen LogP contribution in [0, 0.1) is 23.3 Å². The van der Waals surface area contributed by atoms with Crippen molar-refractivity contribution >= 4 is 93.4 Å². The topological polar surface area (TPSA) is 226 Å². The molecular formula is C75H75Cl3F4N4O15. The molecule has 0 unspecified atom stereocenters. The fourth-order valence-corrected chi connectivity index (χ4v) is 10.7. The number of methoxy groups -OCH3 is 4. The van der Waals surface area contributed by atoms with Gasteiger partial charge in [0.15, 0.2) is 23.0 Å². The number of phenols is 1. The molecule has 4 amide bonds. The first-order valence-electron chi connectivity index (χ1n) is 30.8. The molecule has 0 fully saturated rings. The first-order valence-corrected chi connectivity index (χ1v) is 31.9. The molecule has 101 heavy (non-hydrogen) atoms. The van der Waals surface area contributed by atoms with Gasteiger partial charge in [-0.15, -0.1) is 0 Å². The van der Waals surface area contributed by atoms with Gasteiger partial charge in [-0.25, -0.2) is 17.6 Å². The van der Waals surface area contributed by atoms with Gasteiger partial charge in [0, 0.05) is 34.7 Å². The highest BCUT2D eigenvalue weighted by Crippen LogP contribution is 2.42. The molecule has 0 aliphatic carbocycles. The third-order valence-electron chi connectivity index (χ3n) is 13.9. The maximum absolute atomic E-state index is 14.5. The van der Waals surface area contributed by atoms with Gasteiger partial charge in [-0.05, 0) is 188 Å². The molecule has 0 saturated carbocycles. The molecule has 534 valence electrons. The van der Waals surface area contributed by atoms with Crippen molar-refractivity contribution in [1.82, 2.24) is 5.32 Å². The largest absolute Gasteiger partial charge is 0.504 e. The Morgan fingerprint density at radius 1 is 0.416 bits per heavy atom. The molecule has 2 N–H and O–H groups in total. The highest BCUT2D eigenvalue weighted by atomic mass is 35.5. The van der Waals surface area contributed by atoms with Gasteiger partial charge < -0.3 is 43.6 Å². The Morgan fingerprint density at radius 3 is 1.12 bits per heavy atom. The highest BCUT2D eigenvalue weighted by Gasteiger charge is 2.33. The Hall–Kier alpha value is -10.4. The Balaban J connectivity index is 0.000000240. The number of nitrogens with one attached hydrogen (secondary N) is 1. The van der Waals surface area contributed by atoms with Gasteiger partial charge in [0.05, 0.1) is 44.0 Å². The van der Waals surface area contributed by atoms with E-state index in [4.69, 9.17) is 68.0 Å². The van der Waals surface area contributed by atoms with Gasteiger partial charge in [0.1, 0.15) is 70.8 Å². The first-order chi connectivity index (χ1) is 47.4. The summed E-state index contributed by atoms with van der Waals surface area (Å²) < 4.78 is 95.3. The molecule has 26 heteroatoms. The second kappa shape index (κ2) is 34.6. The number of carbonyl (C=O) groups excluding carboxylic acids is 7. The van der Waals surface area contributed by atoms with Crippen LogP contribution in [0.5, 0.6) is 28.7 Å². The van der Waals surface area contributed by atoms with Gasteiger partial charge in [-0.1, -0.05) is 83.3 Å². The number of hydrogen-bond donors (Lipinski definition) is 2. The zero-order chi connectivity index (χ0) is 75.0. The van der Waals surface area contributed by atoms with E-state index in [1.165, 1.54) is 59.8 Å². The van der Waals surface area contributed by atoms with E-state index in [1.807, 2.05) is 0 Å². The van der Waals surface area contributed by atoms with Crippen LogP contribution in [-0.2, 0) is 28.6 Å². The summed E-state index contributed by atoms with van der Waals surface area (Å²) in [5.41, 5.74) is -0.357. The predicted molar refractivity (Wildman–Crippen MR) is 378 cm³/mol. The summed E-state index contributed by atoms with van der Waals surface area (Å²) in [6, 6.07) is 36.5. The number of benzene rings is 8. The minimum atomic E-state index is -1.04. The van der Waals surface area contributed by atoms with E-state index >= 15 is 0 Å². The van der Waals surface area contributed by atoms with Gasteiger partial charge in [-0.3, -0.25) is 48.3 Å². The molecule has 0 atom stereocenters. The lowest BCUT2D eigenvalue weighted by Gasteiger charge is -2.26. The maximum Gasteiger partial charge on any atom is 0.326 e. The minimum Gasteiger partial charge on any atom is -0.504 e. The fraction of sp³-hybridized carbons (Fsp3) is 0.267. The van der Waals surface area contributed by atoms with Crippen LogP contribution in [0.25, 0.3) is 22.3 Å². The quantitative estimate of drug-likeness (QED) is 0.0436. The van der Waals surface area contributed by atoms with E-state index in [0.29, 0.717) is 50.8 Å². The normalized spacial score (nSPS) is 11.1. The number of anilines is 3. The van der Waals surface area contributed by atoms with Crippen LogP contribution in [0.2, 0.25) is 15.1 Å². The van der Waals surface area contributed by atoms with Crippen molar-refractivity contribution in [1.29, 1.82) is 0 Å². The standard InChI is InChI=1S/C28H29F2NO6.C26H25F2NO5.C21H21Cl3N2O4/c1-28(2,3)37-24(32)16-31(27(33)25-20(29)11-8-12-21(25)30)19-10-7-9-17(13-19)18-14-22(34-4)26(36-6)23(15-18)35-5;1-26(2,3)34-23(31)15-29(25(32)24-19(27)9-6-10-20(24)28)18-8-5-7-16(13-18)17-11-12-21(30)22(14-17)33-4;1-21(2,3)30-17(27)11-26(14-7-5-6-12(8-14)19(28)25-4)20(29)18-15(23)9-13(22)10-16(18)24/h7-15H,16H2,1-6H3;5-14,30H,15H2,1-4H3;5-10H,11H2,1-4H3,(H,25,28). The lowest BCUT2D eigenvalue weighted by molar-refractivity contribution is -0.154. The van der Waals surface area contributed by atoms with Crippen LogP contribution >= 0.6 is 34.8 Å². The summed E-state index contributed by atoms with van der Waals surface area (Å²) in [6.07, 6.45) is 0. The monoisotopic (exact) mass is 1450 g/mol. The molecule has 0 aliphatic heterocycles. The van der Waals surface area contributed by atoms with E-state index in [0.717, 1.165) is 51.1 Å². The molecule has 0 spiro atoms. The molecule has 0 aliphatic rings. The van der Waals surface area contributed by atoms with Crippen LogP contribution in [0.15, 0.2) is 152 Å². The van der Waals surface area contributed by atoms with Gasteiger partial charge >= 0.3 is 17.9 Å². The van der Waals surface area contributed by atoms with Crippen molar-refractivity contribution in [3.63, 3.8) is 0 Å². The number of halogens is 7. The van der Waals surface area contributed by atoms with E-state index in [-0.39, 0.29) is 49.4 Å². The van der Waals surface area contributed by atoms with E-state index in [2.05, 4.69) is 5.32 Å². The lowest BCUT2D eigenvalue weighted by atomic mass is 10.0. The Bertz CT molecular complexity index is 4300. The Morgan fingerprint density at radius 2 is 0.752 bits per heavy atom. The molecule has 0 bridgehead atoms. The summed E-state index contributed by atoms with van der Waals surface area (Å²) in [7, 11) is 7.37. The Labute approximate surface area is 597 Å². The first kappa shape index (κ1) is 79.6. The molecule has 0 aromatic heterocycles. The van der Waals surface area contributed by atoms with Gasteiger partial charge in [-0.2, -0.15) is 0 Å². The summed E-state index contributed by atoms with van der Waals surface area (Å²) in [6.45, 7) is 13.7. The van der Waals surface area contributed by atoms with Crippen molar-refractivity contribution in [2.75, 3.05) is 69.8 Å². The van der Waals surface area contributed by atoms with Crippen molar-refractivity contribution in [2.45, 2.75) is 79.1 Å². The molecular weight excluding hydrogens is 1380 g/mol. The summed E-state index contributed by atoms with van der Waals surface area (Å²) in [5, 5.41) is 12.7. The van der Waals surface area contributed by atoms with Crippen LogP contribution < -0.4 is 39.0 Å². The number of aromatic hydroxyl groups is 1. The van der Waals surface area contributed by atoms with Crippen molar-refractivity contribution < 1.29 is 89.4 Å². The predicted octanol–water partition coefficient (Wildman–Crippen LogP) is 16.0. The van der Waals surface area contributed by atoms with E-state index < -0.39 is 106 Å². The second-order valence-corrected chi connectivity index (χ2v) is 26.2. The average molecular weight is 1450 g/mol. The molecule has 8 rings (SSSR count). The van der Waals surface area contributed by atoms with Crippen molar-refractivity contribution in [2.24, 2.45) is 0 Å². The smallest absolute Gasteiger partial charge is 0.326 e. The number of hydrogen-bond acceptors (Lipinski definition) is 15. The third kappa shape index (κ3) is 21.8. The average Bonchev–Trinajstić information content (AvgIpc) is 0.808. The molecule has 0 radical (unpaired) electrons. The minimum absolute atomic E-state index is 0.0170. The van der Waals surface area contributed by atoms with Crippen LogP contribution in [0.1, 0.15) is 104 Å². The Kier molecular flexibility index (Phi) is 27.3. The van der Waals surface area contributed by atoms with Crippen molar-refractivity contribution in [3.05, 3.63) is 212 Å². The van der Waals surface area contributed by atoms with Gasteiger partial charge in [0.2, 0.25) is 5.75 Å². The second-order valence-electron chi connectivity index (χ2n) is 24.9. The molecule has 8 aromatic rings. The SMILES string of the molecule is CNC(=O)c1cccc(N(CC(=O)OC(C)(C)C)C(=O)c2c(Cl)cc(Cl)cc2Cl)c1.COc1cc(-c2cccc(N(CC(=O)OC(C)(C)C)C(=O)c3c(F)cccc3F)c2)cc(OC)c1OC.COc1cc(-c2cccc(N(CC(=O)OC(C)(C)C)C(=O)c3c(F)cccc3F)c2)ccc1O. The number of carbonyl (C=O) groups is 7. The lowest BCUT2D eigenvalue weighted by Crippen LogP contribution is -2.39. The number of phenolic OH excluding ortho intramolecular Hbond substituents is 1. The molecule has 19 nitrogen and oxygen atoms in total. The highest BCUT2D eigenvalue weighted by molar-refractivity contribution is 6.43. The molecule has 0 saturated heterocycles. The van der Waals surface area contributed by atoms with Crippen molar-refractivity contribution in [3.8, 4) is 51.0 Å². The van der Waals surface area contributed by atoms with Crippen LogP contribution in [0.4, 0.5) is 34.6 Å². The number of rotatable bonds is 19.